The van der Waals surface area contributed by atoms with Crippen molar-refractivity contribution in [1.82, 2.24) is 4.98 Å². The van der Waals surface area contributed by atoms with E-state index in [9.17, 15) is 4.79 Å². The molecule has 18 heavy (non-hydrogen) atoms. The lowest BCUT2D eigenvalue weighted by molar-refractivity contribution is 0.0690. The molecule has 0 aliphatic carbocycles. The molecule has 1 aromatic heterocycles. The molecule has 0 unspecified atom stereocenters. The molecule has 0 saturated carbocycles. The summed E-state index contributed by atoms with van der Waals surface area (Å²) >= 11 is 0. The number of carbonyl (C=O) groups is 1. The maximum atomic E-state index is 11.0. The number of rotatable bonds is 3. The molecular weight excluding hydrogens is 230 g/mol. The average Bonchev–Trinajstić information content (AvgIpc) is 2.38. The number of pyridine rings is 1. The number of para-hydroxylation sites is 1. The van der Waals surface area contributed by atoms with Crippen molar-refractivity contribution in [1.29, 1.82) is 0 Å². The Bertz CT molecular complexity index is 593. The lowest BCUT2D eigenvalue weighted by atomic mass is 10.0. The Hall–Kier alpha value is -2.36. The highest BCUT2D eigenvalue weighted by Gasteiger charge is 2.11. The van der Waals surface area contributed by atoms with Gasteiger partial charge in [0.15, 0.2) is 0 Å². The predicted molar refractivity (Wildman–Crippen MR) is 67.9 cm³/mol. The molecule has 0 aliphatic rings. The molecular formula is C14H13NO3. The standard InChI is InChI=1S/C14H13NO3/c1-9-7-10(8-12(15-9)14(16)17)11-5-3-4-6-13(11)18-2/h3-8H,1-2H3,(H,16,17). The van der Waals surface area contributed by atoms with Crippen molar-refractivity contribution >= 4 is 5.97 Å². The molecule has 0 radical (unpaired) electrons. The summed E-state index contributed by atoms with van der Waals surface area (Å²) in [6.45, 7) is 1.77. The number of aromatic carboxylic acids is 1. The van der Waals surface area contributed by atoms with Crippen LogP contribution in [0.15, 0.2) is 36.4 Å². The quantitative estimate of drug-likeness (QED) is 0.900. The molecule has 0 amide bonds. The fraction of sp³-hybridized carbons (Fsp3) is 0.143. The Kier molecular flexibility index (Phi) is 3.28. The van der Waals surface area contributed by atoms with Crippen LogP contribution in [0.2, 0.25) is 0 Å². The van der Waals surface area contributed by atoms with E-state index in [0.717, 1.165) is 11.1 Å². The van der Waals surface area contributed by atoms with Gasteiger partial charge in [-0.05, 0) is 30.7 Å². The van der Waals surface area contributed by atoms with Gasteiger partial charge in [-0.15, -0.1) is 0 Å². The molecule has 1 N–H and O–H groups in total. The van der Waals surface area contributed by atoms with Crippen LogP contribution in [0, 0.1) is 6.92 Å². The minimum Gasteiger partial charge on any atom is -0.496 e. The van der Waals surface area contributed by atoms with Gasteiger partial charge in [0.25, 0.3) is 0 Å². The number of hydrogen-bond acceptors (Lipinski definition) is 3. The summed E-state index contributed by atoms with van der Waals surface area (Å²) in [6, 6.07) is 10.9. The fourth-order valence-electron chi connectivity index (χ4n) is 1.82. The summed E-state index contributed by atoms with van der Waals surface area (Å²) in [5.74, 6) is -0.325. The van der Waals surface area contributed by atoms with E-state index in [1.54, 1.807) is 20.1 Å². The first kappa shape index (κ1) is 12.1. The van der Waals surface area contributed by atoms with E-state index in [0.29, 0.717) is 11.4 Å². The van der Waals surface area contributed by atoms with E-state index in [2.05, 4.69) is 4.98 Å². The van der Waals surface area contributed by atoms with Crippen LogP contribution >= 0.6 is 0 Å². The highest BCUT2D eigenvalue weighted by molar-refractivity contribution is 5.87. The first-order chi connectivity index (χ1) is 8.61. The highest BCUT2D eigenvalue weighted by atomic mass is 16.5. The van der Waals surface area contributed by atoms with Crippen molar-refractivity contribution in [2.45, 2.75) is 6.92 Å². The van der Waals surface area contributed by atoms with E-state index in [1.807, 2.05) is 30.3 Å². The SMILES string of the molecule is COc1ccccc1-c1cc(C)nc(C(=O)O)c1. The van der Waals surface area contributed by atoms with Gasteiger partial charge in [-0.3, -0.25) is 0 Å². The molecule has 92 valence electrons. The monoisotopic (exact) mass is 243 g/mol. The molecule has 1 aromatic carbocycles. The van der Waals surface area contributed by atoms with Crippen LogP contribution in [0.4, 0.5) is 0 Å². The van der Waals surface area contributed by atoms with Crippen molar-refractivity contribution in [2.75, 3.05) is 7.11 Å². The molecule has 0 saturated heterocycles. The Morgan fingerprint density at radius 2 is 2.00 bits per heavy atom. The summed E-state index contributed by atoms with van der Waals surface area (Å²) in [4.78, 5) is 15.0. The van der Waals surface area contributed by atoms with Crippen molar-refractivity contribution in [3.63, 3.8) is 0 Å². The molecule has 2 aromatic rings. The molecule has 0 aliphatic heterocycles. The molecule has 0 fully saturated rings. The summed E-state index contributed by atoms with van der Waals surface area (Å²) < 4.78 is 5.27. The van der Waals surface area contributed by atoms with Crippen LogP contribution in [0.3, 0.4) is 0 Å². The third kappa shape index (κ3) is 2.32. The molecule has 0 bridgehead atoms. The maximum absolute atomic E-state index is 11.0. The predicted octanol–water partition coefficient (Wildman–Crippen LogP) is 2.76. The Morgan fingerprint density at radius 3 is 2.67 bits per heavy atom. The van der Waals surface area contributed by atoms with Gasteiger partial charge >= 0.3 is 5.97 Å². The van der Waals surface area contributed by atoms with Gasteiger partial charge in [-0.1, -0.05) is 18.2 Å². The van der Waals surface area contributed by atoms with E-state index in [1.165, 1.54) is 0 Å². The summed E-state index contributed by atoms with van der Waals surface area (Å²) in [5, 5.41) is 9.01. The number of carboxylic acids is 1. The second-order valence-electron chi connectivity index (χ2n) is 3.89. The maximum Gasteiger partial charge on any atom is 0.354 e. The number of ether oxygens (including phenoxy) is 1. The molecule has 0 spiro atoms. The normalized spacial score (nSPS) is 10.1. The number of aromatic nitrogens is 1. The van der Waals surface area contributed by atoms with Gasteiger partial charge < -0.3 is 9.84 Å². The van der Waals surface area contributed by atoms with Crippen LogP contribution < -0.4 is 4.74 Å². The first-order valence-corrected chi connectivity index (χ1v) is 5.47. The van der Waals surface area contributed by atoms with Crippen molar-refractivity contribution < 1.29 is 14.6 Å². The van der Waals surface area contributed by atoms with Gasteiger partial charge in [0.2, 0.25) is 0 Å². The molecule has 4 heteroatoms. The van der Waals surface area contributed by atoms with Crippen LogP contribution in [0.5, 0.6) is 5.75 Å². The Labute approximate surface area is 105 Å². The van der Waals surface area contributed by atoms with Crippen molar-refractivity contribution in [2.24, 2.45) is 0 Å². The molecule has 2 rings (SSSR count). The fourth-order valence-corrected chi connectivity index (χ4v) is 1.82. The minimum atomic E-state index is -1.03. The van der Waals surface area contributed by atoms with Crippen molar-refractivity contribution in [3.8, 4) is 16.9 Å². The van der Waals surface area contributed by atoms with Crippen LogP contribution in [-0.2, 0) is 0 Å². The Balaban J connectivity index is 2.60. The van der Waals surface area contributed by atoms with E-state index in [-0.39, 0.29) is 5.69 Å². The number of benzene rings is 1. The van der Waals surface area contributed by atoms with E-state index < -0.39 is 5.97 Å². The van der Waals surface area contributed by atoms with Gasteiger partial charge in [-0.2, -0.15) is 0 Å². The van der Waals surface area contributed by atoms with E-state index in [4.69, 9.17) is 9.84 Å². The van der Waals surface area contributed by atoms with Gasteiger partial charge in [0.05, 0.1) is 7.11 Å². The minimum absolute atomic E-state index is 0.0379. The second-order valence-corrected chi connectivity index (χ2v) is 3.89. The topological polar surface area (TPSA) is 59.4 Å². The lowest BCUT2D eigenvalue weighted by Crippen LogP contribution is -2.02. The number of carboxylic acid groups (broad SMARTS) is 1. The summed E-state index contributed by atoms with van der Waals surface area (Å²) in [6.07, 6.45) is 0. The average molecular weight is 243 g/mol. The summed E-state index contributed by atoms with van der Waals surface area (Å²) in [5.41, 5.74) is 2.34. The zero-order valence-electron chi connectivity index (χ0n) is 10.2. The van der Waals surface area contributed by atoms with Gasteiger partial charge in [-0.25, -0.2) is 9.78 Å². The zero-order chi connectivity index (χ0) is 13.1. The number of nitrogens with zero attached hydrogens (tertiary/aromatic N) is 1. The number of hydrogen-bond donors (Lipinski definition) is 1. The third-order valence-corrected chi connectivity index (χ3v) is 2.59. The Morgan fingerprint density at radius 1 is 1.28 bits per heavy atom. The first-order valence-electron chi connectivity index (χ1n) is 5.47. The van der Waals surface area contributed by atoms with E-state index >= 15 is 0 Å². The van der Waals surface area contributed by atoms with Crippen molar-refractivity contribution in [3.05, 3.63) is 47.8 Å². The largest absolute Gasteiger partial charge is 0.496 e. The second kappa shape index (κ2) is 4.87. The third-order valence-electron chi connectivity index (χ3n) is 2.59. The van der Waals surface area contributed by atoms with Gasteiger partial charge in [0.1, 0.15) is 11.4 Å². The smallest absolute Gasteiger partial charge is 0.354 e. The number of methoxy groups -OCH3 is 1. The summed E-state index contributed by atoms with van der Waals surface area (Å²) in [7, 11) is 1.59. The molecule has 0 atom stereocenters. The number of aryl methyl sites for hydroxylation is 1. The molecule has 1 heterocycles. The zero-order valence-corrected chi connectivity index (χ0v) is 10.2. The van der Waals surface area contributed by atoms with Crippen LogP contribution in [-0.4, -0.2) is 23.2 Å². The highest BCUT2D eigenvalue weighted by Crippen LogP contribution is 2.30. The molecule has 4 nitrogen and oxygen atoms in total. The van der Waals surface area contributed by atoms with Crippen LogP contribution in [0.25, 0.3) is 11.1 Å². The lowest BCUT2D eigenvalue weighted by Gasteiger charge is -2.09. The van der Waals surface area contributed by atoms with Crippen LogP contribution in [0.1, 0.15) is 16.2 Å². The van der Waals surface area contributed by atoms with Gasteiger partial charge in [0, 0.05) is 11.3 Å².